The Morgan fingerprint density at radius 2 is 1.90 bits per heavy atom. The summed E-state index contributed by atoms with van der Waals surface area (Å²) in [4.78, 5) is 5.01. The number of aromatic nitrogens is 4. The highest BCUT2D eigenvalue weighted by Crippen LogP contribution is 2.27. The molecule has 0 aromatic carbocycles. The van der Waals surface area contributed by atoms with E-state index in [2.05, 4.69) is 46.1 Å². The molecule has 7 nitrogen and oxygen atoms in total. The molecule has 1 aromatic heterocycles. The van der Waals surface area contributed by atoms with Crippen LogP contribution in [0.3, 0.4) is 0 Å². The summed E-state index contributed by atoms with van der Waals surface area (Å²) in [7, 11) is 1.70. The summed E-state index contributed by atoms with van der Waals surface area (Å²) < 4.78 is 7.04. The second kappa shape index (κ2) is 7.82. The van der Waals surface area contributed by atoms with Crippen molar-refractivity contribution in [2.45, 2.75) is 33.4 Å². The van der Waals surface area contributed by atoms with Gasteiger partial charge in [-0.3, -0.25) is 4.90 Å². The second-order valence-electron chi connectivity index (χ2n) is 5.91. The summed E-state index contributed by atoms with van der Waals surface area (Å²) >= 11 is 0. The highest BCUT2D eigenvalue weighted by Gasteiger charge is 2.30. The van der Waals surface area contributed by atoms with E-state index in [-0.39, 0.29) is 6.04 Å². The Labute approximate surface area is 127 Å². The van der Waals surface area contributed by atoms with E-state index in [0.717, 1.165) is 38.5 Å². The van der Waals surface area contributed by atoms with Crippen LogP contribution in [0.4, 0.5) is 0 Å². The van der Waals surface area contributed by atoms with Gasteiger partial charge in [-0.05, 0) is 22.9 Å². The third kappa shape index (κ3) is 3.99. The molecule has 0 bridgehead atoms. The summed E-state index contributed by atoms with van der Waals surface area (Å²) in [5.74, 6) is 1.44. The van der Waals surface area contributed by atoms with Crippen molar-refractivity contribution in [1.82, 2.24) is 30.0 Å². The molecule has 2 rings (SSSR count). The number of hydrogen-bond donors (Lipinski definition) is 0. The number of hydrogen-bond acceptors (Lipinski definition) is 6. The van der Waals surface area contributed by atoms with Gasteiger partial charge in [0.15, 0.2) is 5.82 Å². The number of methoxy groups -OCH3 is 1. The fourth-order valence-corrected chi connectivity index (χ4v) is 3.00. The van der Waals surface area contributed by atoms with Crippen LogP contribution in [0, 0.1) is 5.92 Å². The molecule has 0 N–H and O–H groups in total. The van der Waals surface area contributed by atoms with Gasteiger partial charge in [0.1, 0.15) is 0 Å². The predicted octanol–water partition coefficient (Wildman–Crippen LogP) is 0.654. The van der Waals surface area contributed by atoms with Gasteiger partial charge in [-0.2, -0.15) is 0 Å². The quantitative estimate of drug-likeness (QED) is 0.736. The molecule has 1 saturated heterocycles. The molecule has 0 spiro atoms. The van der Waals surface area contributed by atoms with E-state index < -0.39 is 0 Å². The zero-order valence-electron chi connectivity index (χ0n) is 13.7. The van der Waals surface area contributed by atoms with Crippen LogP contribution in [-0.2, 0) is 11.3 Å². The lowest BCUT2D eigenvalue weighted by molar-refractivity contribution is 0.0708. The molecular formula is C14H28N6O. The summed E-state index contributed by atoms with van der Waals surface area (Å²) in [6, 6.07) is 0.274. The van der Waals surface area contributed by atoms with Gasteiger partial charge in [-0.15, -0.1) is 5.10 Å². The Bertz CT molecular complexity index is 413. The van der Waals surface area contributed by atoms with Gasteiger partial charge in [-0.25, -0.2) is 4.68 Å². The Morgan fingerprint density at radius 1 is 1.19 bits per heavy atom. The zero-order valence-corrected chi connectivity index (χ0v) is 13.7. The van der Waals surface area contributed by atoms with Crippen molar-refractivity contribution < 1.29 is 4.74 Å². The SMILES string of the molecule is CCN1CCN(C(c2nnnn2CCOC)C(C)C)CC1. The molecule has 2 heterocycles. The minimum absolute atomic E-state index is 0.274. The highest BCUT2D eigenvalue weighted by molar-refractivity contribution is 4.96. The first-order chi connectivity index (χ1) is 10.2. The lowest BCUT2D eigenvalue weighted by Gasteiger charge is -2.39. The Morgan fingerprint density at radius 3 is 2.48 bits per heavy atom. The minimum Gasteiger partial charge on any atom is -0.383 e. The van der Waals surface area contributed by atoms with Gasteiger partial charge < -0.3 is 9.64 Å². The first-order valence-electron chi connectivity index (χ1n) is 7.88. The summed E-state index contributed by atoms with van der Waals surface area (Å²) in [6.07, 6.45) is 0. The Balaban J connectivity index is 2.10. The number of nitrogens with zero attached hydrogens (tertiary/aromatic N) is 6. The van der Waals surface area contributed by atoms with Gasteiger partial charge in [0.05, 0.1) is 19.2 Å². The van der Waals surface area contributed by atoms with Crippen molar-refractivity contribution in [3.05, 3.63) is 5.82 Å². The van der Waals surface area contributed by atoms with Gasteiger partial charge in [0.2, 0.25) is 0 Å². The Kier molecular flexibility index (Phi) is 6.08. The minimum atomic E-state index is 0.274. The molecular weight excluding hydrogens is 268 g/mol. The second-order valence-corrected chi connectivity index (χ2v) is 5.91. The third-order valence-corrected chi connectivity index (χ3v) is 4.21. The van der Waals surface area contributed by atoms with E-state index in [0.29, 0.717) is 19.1 Å². The van der Waals surface area contributed by atoms with E-state index in [9.17, 15) is 0 Å². The van der Waals surface area contributed by atoms with Crippen LogP contribution in [0.25, 0.3) is 0 Å². The fraction of sp³-hybridized carbons (Fsp3) is 0.929. The maximum atomic E-state index is 5.15. The van der Waals surface area contributed by atoms with E-state index in [1.165, 1.54) is 0 Å². The van der Waals surface area contributed by atoms with E-state index in [4.69, 9.17) is 4.74 Å². The largest absolute Gasteiger partial charge is 0.383 e. The average molecular weight is 296 g/mol. The van der Waals surface area contributed by atoms with Crippen molar-refractivity contribution in [3.63, 3.8) is 0 Å². The number of likely N-dealkylation sites (N-methyl/N-ethyl adjacent to an activating group) is 1. The highest BCUT2D eigenvalue weighted by atomic mass is 16.5. The normalized spacial score (nSPS) is 19.3. The lowest BCUT2D eigenvalue weighted by Crippen LogP contribution is -2.49. The van der Waals surface area contributed by atoms with Crippen LogP contribution >= 0.6 is 0 Å². The standard InChI is InChI=1S/C14H28N6O/c1-5-18-6-8-19(9-7-18)13(12(2)3)14-15-16-17-20(14)10-11-21-4/h12-13H,5-11H2,1-4H3. The maximum Gasteiger partial charge on any atom is 0.168 e. The van der Waals surface area contributed by atoms with Gasteiger partial charge in [0.25, 0.3) is 0 Å². The van der Waals surface area contributed by atoms with Gasteiger partial charge in [-0.1, -0.05) is 20.8 Å². The van der Waals surface area contributed by atoms with Crippen molar-refractivity contribution >= 4 is 0 Å². The summed E-state index contributed by atoms with van der Waals surface area (Å²) in [5, 5.41) is 12.3. The topological polar surface area (TPSA) is 59.3 Å². The van der Waals surface area contributed by atoms with Crippen LogP contribution in [0.5, 0.6) is 0 Å². The van der Waals surface area contributed by atoms with Crippen LogP contribution in [-0.4, -0.2) is 76.4 Å². The molecule has 0 aliphatic carbocycles. The smallest absolute Gasteiger partial charge is 0.168 e. The molecule has 0 radical (unpaired) electrons. The van der Waals surface area contributed by atoms with Crippen LogP contribution < -0.4 is 0 Å². The number of rotatable bonds is 7. The molecule has 0 saturated carbocycles. The molecule has 0 amide bonds. The molecule has 1 aromatic rings. The number of piperazine rings is 1. The van der Waals surface area contributed by atoms with Crippen LogP contribution in [0.2, 0.25) is 0 Å². The molecule has 1 unspecified atom stereocenters. The molecule has 21 heavy (non-hydrogen) atoms. The first kappa shape index (κ1) is 16.3. The summed E-state index contributed by atoms with van der Waals surface area (Å²) in [5.41, 5.74) is 0. The number of tetrazole rings is 1. The van der Waals surface area contributed by atoms with Crippen molar-refractivity contribution in [2.75, 3.05) is 46.4 Å². The predicted molar refractivity (Wildman–Crippen MR) is 81.0 cm³/mol. The first-order valence-corrected chi connectivity index (χ1v) is 7.88. The van der Waals surface area contributed by atoms with Gasteiger partial charge in [0, 0.05) is 33.3 Å². The molecule has 1 atom stereocenters. The molecule has 7 heteroatoms. The monoisotopic (exact) mass is 296 g/mol. The van der Waals surface area contributed by atoms with Gasteiger partial charge >= 0.3 is 0 Å². The molecule has 1 aliphatic heterocycles. The van der Waals surface area contributed by atoms with Crippen molar-refractivity contribution in [3.8, 4) is 0 Å². The fourth-order valence-electron chi connectivity index (χ4n) is 3.00. The molecule has 120 valence electrons. The van der Waals surface area contributed by atoms with E-state index >= 15 is 0 Å². The maximum absolute atomic E-state index is 5.15. The van der Waals surface area contributed by atoms with E-state index in [1.807, 2.05) is 4.68 Å². The molecule has 1 fully saturated rings. The average Bonchev–Trinajstić information content (AvgIpc) is 2.94. The number of ether oxygens (including phenoxy) is 1. The van der Waals surface area contributed by atoms with Crippen LogP contribution in [0.1, 0.15) is 32.6 Å². The van der Waals surface area contributed by atoms with Crippen LogP contribution in [0.15, 0.2) is 0 Å². The zero-order chi connectivity index (χ0) is 15.2. The lowest BCUT2D eigenvalue weighted by atomic mass is 10.0. The van der Waals surface area contributed by atoms with Crippen molar-refractivity contribution in [2.24, 2.45) is 5.92 Å². The van der Waals surface area contributed by atoms with E-state index in [1.54, 1.807) is 7.11 Å². The third-order valence-electron chi connectivity index (χ3n) is 4.21. The Hall–Kier alpha value is -1.05. The molecule has 1 aliphatic rings. The van der Waals surface area contributed by atoms with Crippen molar-refractivity contribution in [1.29, 1.82) is 0 Å². The summed E-state index contributed by atoms with van der Waals surface area (Å²) in [6.45, 7) is 13.6.